The van der Waals surface area contributed by atoms with Crippen molar-refractivity contribution in [2.75, 3.05) is 0 Å². The maximum atomic E-state index is 12.8. The van der Waals surface area contributed by atoms with Gasteiger partial charge < -0.3 is 0 Å². The third kappa shape index (κ3) is 3.63. The first-order chi connectivity index (χ1) is 14.6. The van der Waals surface area contributed by atoms with Gasteiger partial charge in [-0.1, -0.05) is 65.9 Å². The number of rotatable bonds is 4. The highest BCUT2D eigenvalue weighted by molar-refractivity contribution is 7.98. The number of thioether (sulfide) groups is 1. The maximum absolute atomic E-state index is 12.8. The molecular formula is C24H22N4OS. The Bertz CT molecular complexity index is 1250. The zero-order valence-electron chi connectivity index (χ0n) is 17.0. The Kier molecular flexibility index (Phi) is 4.87. The number of hydrogen-bond acceptors (Lipinski definition) is 5. The van der Waals surface area contributed by atoms with Crippen molar-refractivity contribution in [1.82, 2.24) is 19.6 Å². The summed E-state index contributed by atoms with van der Waals surface area (Å²) in [4.78, 5) is 22.1. The van der Waals surface area contributed by atoms with Gasteiger partial charge in [0.1, 0.15) is 0 Å². The van der Waals surface area contributed by atoms with Crippen LogP contribution in [0.2, 0.25) is 0 Å². The second kappa shape index (κ2) is 7.69. The average molecular weight is 415 g/mol. The Balaban J connectivity index is 1.41. The molecule has 0 N–H and O–H groups in total. The van der Waals surface area contributed by atoms with E-state index in [9.17, 15) is 4.79 Å². The van der Waals surface area contributed by atoms with Gasteiger partial charge in [0.05, 0.1) is 11.3 Å². The average Bonchev–Trinajstić information content (AvgIpc) is 3.14. The van der Waals surface area contributed by atoms with Crippen molar-refractivity contribution in [2.45, 2.75) is 43.5 Å². The van der Waals surface area contributed by atoms with E-state index in [1.165, 1.54) is 22.3 Å². The third-order valence-corrected chi connectivity index (χ3v) is 6.62. The van der Waals surface area contributed by atoms with E-state index in [0.29, 0.717) is 22.9 Å². The Morgan fingerprint density at radius 2 is 1.83 bits per heavy atom. The minimum atomic E-state index is 0.126. The predicted molar refractivity (Wildman–Crippen MR) is 118 cm³/mol. The van der Waals surface area contributed by atoms with Crippen molar-refractivity contribution >= 4 is 23.3 Å². The number of nitrogens with zero attached hydrogens (tertiary/aromatic N) is 4. The quantitative estimate of drug-likeness (QED) is 0.442. The number of carbonyl (C=O) groups is 1. The number of carbonyl (C=O) groups excluding carboxylic acids is 1. The van der Waals surface area contributed by atoms with E-state index >= 15 is 0 Å². The summed E-state index contributed by atoms with van der Waals surface area (Å²) in [6.07, 6.45) is 3.06. The van der Waals surface area contributed by atoms with E-state index in [-0.39, 0.29) is 11.7 Å². The lowest BCUT2D eigenvalue weighted by Gasteiger charge is -2.23. The molecule has 0 fully saturated rings. The molecule has 0 saturated heterocycles. The van der Waals surface area contributed by atoms with Gasteiger partial charge in [-0.15, -0.1) is 5.10 Å². The van der Waals surface area contributed by atoms with Crippen molar-refractivity contribution in [3.8, 4) is 0 Å². The molecule has 0 radical (unpaired) electrons. The number of Topliss-reactive ketones (excluding diaryl/α,β-unsaturated/α-hetero) is 1. The van der Waals surface area contributed by atoms with Crippen molar-refractivity contribution in [2.24, 2.45) is 0 Å². The summed E-state index contributed by atoms with van der Waals surface area (Å²) >= 11 is 1.59. The summed E-state index contributed by atoms with van der Waals surface area (Å²) in [6.45, 7) is 4.18. The molecule has 6 heteroatoms. The predicted octanol–water partition coefficient (Wildman–Crippen LogP) is 4.95. The van der Waals surface area contributed by atoms with E-state index in [4.69, 9.17) is 4.98 Å². The number of ketones is 1. The summed E-state index contributed by atoms with van der Waals surface area (Å²) < 4.78 is 1.64. The zero-order valence-corrected chi connectivity index (χ0v) is 17.8. The standard InChI is InChI=1S/C24H22N4OS/c1-15-7-9-17(10-8-15)19-11-21-20(22(29)12-19)13-28-23(25-21)26-24(27-28)30-14-18-6-4-3-5-16(18)2/h3-10,13,19H,11-12,14H2,1-2H3. The van der Waals surface area contributed by atoms with Crippen LogP contribution in [-0.2, 0) is 12.2 Å². The number of hydrogen-bond donors (Lipinski definition) is 0. The number of aryl methyl sites for hydroxylation is 2. The molecule has 5 nitrogen and oxygen atoms in total. The lowest BCUT2D eigenvalue weighted by atomic mass is 9.82. The summed E-state index contributed by atoms with van der Waals surface area (Å²) in [5, 5.41) is 5.22. The van der Waals surface area contributed by atoms with E-state index in [1.807, 2.05) is 12.1 Å². The number of fused-ring (bicyclic) bond motifs is 2. The molecule has 0 spiro atoms. The molecule has 150 valence electrons. The van der Waals surface area contributed by atoms with Crippen molar-refractivity contribution < 1.29 is 4.79 Å². The summed E-state index contributed by atoms with van der Waals surface area (Å²) in [5.74, 6) is 1.65. The van der Waals surface area contributed by atoms with Crippen LogP contribution in [0.4, 0.5) is 0 Å². The highest BCUT2D eigenvalue weighted by Crippen LogP contribution is 2.32. The first-order valence-corrected chi connectivity index (χ1v) is 11.1. The SMILES string of the molecule is Cc1ccc(C2CC(=O)c3cn4nc(SCc5ccccc5C)nc4nc3C2)cc1. The van der Waals surface area contributed by atoms with Gasteiger partial charge in [0.25, 0.3) is 5.78 Å². The number of aromatic nitrogens is 4. The normalized spacial score (nSPS) is 16.1. The molecule has 1 atom stereocenters. The van der Waals surface area contributed by atoms with Crippen LogP contribution < -0.4 is 0 Å². The maximum Gasteiger partial charge on any atom is 0.253 e. The van der Waals surface area contributed by atoms with Crippen molar-refractivity contribution in [3.05, 3.63) is 88.2 Å². The van der Waals surface area contributed by atoms with Crippen LogP contribution >= 0.6 is 11.8 Å². The number of benzene rings is 2. The molecule has 0 bridgehead atoms. The van der Waals surface area contributed by atoms with Gasteiger partial charge in [-0.25, -0.2) is 9.50 Å². The van der Waals surface area contributed by atoms with Crippen LogP contribution in [0.3, 0.4) is 0 Å². The largest absolute Gasteiger partial charge is 0.294 e. The second-order valence-electron chi connectivity index (χ2n) is 7.89. The molecule has 1 unspecified atom stereocenters. The van der Waals surface area contributed by atoms with Crippen LogP contribution in [0.15, 0.2) is 59.9 Å². The van der Waals surface area contributed by atoms with Gasteiger partial charge in [-0.3, -0.25) is 4.79 Å². The summed E-state index contributed by atoms with van der Waals surface area (Å²) in [5.41, 5.74) is 6.44. The Morgan fingerprint density at radius 3 is 2.63 bits per heavy atom. The monoisotopic (exact) mass is 414 g/mol. The molecule has 2 heterocycles. The Labute approximate surface area is 179 Å². The Morgan fingerprint density at radius 1 is 1.03 bits per heavy atom. The van der Waals surface area contributed by atoms with E-state index in [0.717, 1.165) is 17.9 Å². The van der Waals surface area contributed by atoms with E-state index in [2.05, 4.69) is 60.3 Å². The molecule has 0 amide bonds. The van der Waals surface area contributed by atoms with Crippen LogP contribution in [0.25, 0.3) is 5.78 Å². The van der Waals surface area contributed by atoms with Crippen LogP contribution in [-0.4, -0.2) is 25.4 Å². The highest BCUT2D eigenvalue weighted by Gasteiger charge is 2.28. The summed E-state index contributed by atoms with van der Waals surface area (Å²) in [6, 6.07) is 16.8. The van der Waals surface area contributed by atoms with Crippen LogP contribution in [0, 0.1) is 13.8 Å². The van der Waals surface area contributed by atoms with Crippen LogP contribution in [0.5, 0.6) is 0 Å². The zero-order chi connectivity index (χ0) is 20.7. The summed E-state index contributed by atoms with van der Waals surface area (Å²) in [7, 11) is 0. The molecule has 1 aliphatic carbocycles. The minimum absolute atomic E-state index is 0.126. The molecule has 0 aliphatic heterocycles. The second-order valence-corrected chi connectivity index (χ2v) is 8.84. The lowest BCUT2D eigenvalue weighted by molar-refractivity contribution is 0.0962. The van der Waals surface area contributed by atoms with Gasteiger partial charge in [-0.05, 0) is 42.9 Å². The molecule has 4 aromatic rings. The molecular weight excluding hydrogens is 392 g/mol. The first-order valence-electron chi connectivity index (χ1n) is 10.1. The fourth-order valence-corrected chi connectivity index (χ4v) is 4.81. The molecule has 1 aliphatic rings. The Hall–Kier alpha value is -2.99. The van der Waals surface area contributed by atoms with Gasteiger partial charge in [0, 0.05) is 18.4 Å². The van der Waals surface area contributed by atoms with Crippen molar-refractivity contribution in [1.29, 1.82) is 0 Å². The van der Waals surface area contributed by atoms with E-state index < -0.39 is 0 Å². The molecule has 2 aromatic carbocycles. The van der Waals surface area contributed by atoms with Gasteiger partial charge in [-0.2, -0.15) is 4.98 Å². The topological polar surface area (TPSA) is 60.2 Å². The van der Waals surface area contributed by atoms with E-state index in [1.54, 1.807) is 22.5 Å². The minimum Gasteiger partial charge on any atom is -0.294 e. The third-order valence-electron chi connectivity index (χ3n) is 5.73. The van der Waals surface area contributed by atoms with Gasteiger partial charge in [0.2, 0.25) is 5.16 Å². The molecule has 5 rings (SSSR count). The molecule has 2 aromatic heterocycles. The molecule has 0 saturated carbocycles. The fourth-order valence-electron chi connectivity index (χ4n) is 3.91. The van der Waals surface area contributed by atoms with Crippen LogP contribution in [0.1, 0.15) is 50.6 Å². The lowest BCUT2D eigenvalue weighted by Crippen LogP contribution is -2.21. The fraction of sp³-hybridized carbons (Fsp3) is 0.250. The first kappa shape index (κ1) is 19.0. The molecule has 30 heavy (non-hydrogen) atoms. The smallest absolute Gasteiger partial charge is 0.253 e. The van der Waals surface area contributed by atoms with Gasteiger partial charge in [0.15, 0.2) is 5.78 Å². The van der Waals surface area contributed by atoms with Crippen molar-refractivity contribution in [3.63, 3.8) is 0 Å². The highest BCUT2D eigenvalue weighted by atomic mass is 32.2. The van der Waals surface area contributed by atoms with Gasteiger partial charge >= 0.3 is 0 Å².